The molecule has 0 nitrogen and oxygen atoms in total. The molecule has 0 heterocycles. The summed E-state index contributed by atoms with van der Waals surface area (Å²) in [4.78, 5) is 0. The van der Waals surface area contributed by atoms with E-state index in [0.29, 0.717) is 17.8 Å². The Labute approximate surface area is 123 Å². The van der Waals surface area contributed by atoms with Gasteiger partial charge in [0, 0.05) is 35.6 Å². The Balaban J connectivity index is 0.00000196. The molecule has 1 aromatic carbocycles. The molecule has 0 aliphatic carbocycles. The monoisotopic (exact) mass is 330 g/mol. The van der Waals surface area contributed by atoms with Crippen LogP contribution in [0.5, 0.6) is 0 Å². The van der Waals surface area contributed by atoms with E-state index in [2.05, 4.69) is 53.7 Å². The molecule has 0 fully saturated rings. The summed E-state index contributed by atoms with van der Waals surface area (Å²) < 4.78 is 0. The zero-order chi connectivity index (χ0) is 10.9. The largest absolute Gasteiger partial charge is 0.210 e. The average molecular weight is 330 g/mol. The summed E-state index contributed by atoms with van der Waals surface area (Å²) >= 11 is 0. The SMILES string of the molecule is CC(C)c1cc[c-](C(C)C)c1C(C)C.[La]. The van der Waals surface area contributed by atoms with Gasteiger partial charge in [-0.2, -0.15) is 22.8 Å². The normalized spacial score (nSPS) is 11.3. The van der Waals surface area contributed by atoms with E-state index in [4.69, 9.17) is 0 Å². The van der Waals surface area contributed by atoms with Crippen LogP contribution in [0, 0.1) is 35.6 Å². The second kappa shape index (κ2) is 6.32. The van der Waals surface area contributed by atoms with Gasteiger partial charge in [-0.25, -0.2) is 6.07 Å². The first-order valence-corrected chi connectivity index (χ1v) is 5.74. The zero-order valence-electron chi connectivity index (χ0n) is 11.0. The van der Waals surface area contributed by atoms with E-state index in [1.54, 1.807) is 16.7 Å². The van der Waals surface area contributed by atoms with Crippen LogP contribution in [0.2, 0.25) is 0 Å². The smallest absolute Gasteiger partial charge is 0 e. The molecule has 15 heavy (non-hydrogen) atoms. The first-order valence-electron chi connectivity index (χ1n) is 5.74. The molecule has 0 spiro atoms. The third-order valence-corrected chi connectivity index (χ3v) is 2.89. The van der Waals surface area contributed by atoms with Crippen molar-refractivity contribution in [2.24, 2.45) is 0 Å². The van der Waals surface area contributed by atoms with Crippen molar-refractivity contribution in [3.8, 4) is 0 Å². The average Bonchev–Trinajstić information content (AvgIpc) is 2.46. The Kier molecular flexibility index (Phi) is 6.55. The Bertz CT molecular complexity index is 267. The van der Waals surface area contributed by atoms with Crippen LogP contribution >= 0.6 is 0 Å². The Morgan fingerprint density at radius 1 is 0.933 bits per heavy atom. The quantitative estimate of drug-likeness (QED) is 0.700. The van der Waals surface area contributed by atoms with Crippen LogP contribution in [-0.2, 0) is 0 Å². The summed E-state index contributed by atoms with van der Waals surface area (Å²) in [6.07, 6.45) is 0. The second-order valence-corrected chi connectivity index (χ2v) is 5.12. The van der Waals surface area contributed by atoms with Crippen molar-refractivity contribution < 1.29 is 35.6 Å². The maximum absolute atomic E-state index is 2.31. The van der Waals surface area contributed by atoms with Crippen molar-refractivity contribution in [2.75, 3.05) is 0 Å². The minimum absolute atomic E-state index is 0. The van der Waals surface area contributed by atoms with Gasteiger partial charge < -0.3 is 0 Å². The summed E-state index contributed by atoms with van der Waals surface area (Å²) in [5.41, 5.74) is 4.68. The van der Waals surface area contributed by atoms with Crippen LogP contribution in [-0.4, -0.2) is 0 Å². The van der Waals surface area contributed by atoms with E-state index in [-0.39, 0.29) is 35.6 Å². The predicted molar refractivity (Wildman–Crippen MR) is 64.3 cm³/mol. The summed E-state index contributed by atoms with van der Waals surface area (Å²) in [7, 11) is 0. The van der Waals surface area contributed by atoms with Crippen molar-refractivity contribution in [1.29, 1.82) is 0 Å². The van der Waals surface area contributed by atoms with Gasteiger partial charge in [0.2, 0.25) is 0 Å². The molecule has 1 rings (SSSR count). The van der Waals surface area contributed by atoms with E-state index in [1.807, 2.05) is 0 Å². The molecule has 0 aromatic heterocycles. The summed E-state index contributed by atoms with van der Waals surface area (Å²) in [5.74, 6) is 1.96. The van der Waals surface area contributed by atoms with E-state index < -0.39 is 0 Å². The summed E-state index contributed by atoms with van der Waals surface area (Å²) in [6, 6.07) is 4.63. The van der Waals surface area contributed by atoms with Crippen LogP contribution in [0.25, 0.3) is 0 Å². The minimum Gasteiger partial charge on any atom is -0.210 e. The molecule has 83 valence electrons. The Hall–Kier alpha value is 0.545. The molecule has 1 radical (unpaired) electrons. The van der Waals surface area contributed by atoms with Crippen molar-refractivity contribution >= 4 is 0 Å². The van der Waals surface area contributed by atoms with Crippen molar-refractivity contribution in [3.05, 3.63) is 28.8 Å². The van der Waals surface area contributed by atoms with Gasteiger partial charge in [-0.05, 0) is 5.92 Å². The fourth-order valence-corrected chi connectivity index (χ4v) is 2.20. The molecular weight excluding hydrogens is 307 g/mol. The van der Waals surface area contributed by atoms with E-state index >= 15 is 0 Å². The van der Waals surface area contributed by atoms with Gasteiger partial charge in [0.25, 0.3) is 0 Å². The molecule has 0 aliphatic heterocycles. The predicted octanol–water partition coefficient (Wildman–Crippen LogP) is 4.78. The first-order chi connectivity index (χ1) is 6.45. The van der Waals surface area contributed by atoms with Gasteiger partial charge in [-0.15, -0.1) is 0 Å². The number of hydrogen-bond acceptors (Lipinski definition) is 0. The molecule has 0 bridgehead atoms. The molecule has 1 aromatic rings. The van der Waals surface area contributed by atoms with Crippen LogP contribution in [0.1, 0.15) is 76.0 Å². The molecule has 1 heteroatoms. The van der Waals surface area contributed by atoms with Crippen molar-refractivity contribution in [1.82, 2.24) is 0 Å². The van der Waals surface area contributed by atoms with Gasteiger partial charge >= 0.3 is 0 Å². The van der Waals surface area contributed by atoms with E-state index in [9.17, 15) is 0 Å². The maximum atomic E-state index is 2.31. The van der Waals surface area contributed by atoms with Gasteiger partial charge in [0.1, 0.15) is 0 Å². The topological polar surface area (TPSA) is 0 Å². The second-order valence-electron chi connectivity index (χ2n) is 5.12. The van der Waals surface area contributed by atoms with Crippen LogP contribution in [0.3, 0.4) is 0 Å². The molecular formula is C14H23La-. The fourth-order valence-electron chi connectivity index (χ4n) is 2.20. The molecule has 0 aliphatic rings. The molecule has 0 saturated carbocycles. The Morgan fingerprint density at radius 2 is 1.47 bits per heavy atom. The van der Waals surface area contributed by atoms with Crippen molar-refractivity contribution in [2.45, 2.75) is 59.3 Å². The minimum atomic E-state index is 0. The molecule has 0 unspecified atom stereocenters. The van der Waals surface area contributed by atoms with E-state index in [1.165, 1.54) is 0 Å². The molecule has 0 atom stereocenters. The van der Waals surface area contributed by atoms with Gasteiger partial charge in [-0.3, -0.25) is 0 Å². The fraction of sp³-hybridized carbons (Fsp3) is 0.643. The molecule has 0 N–H and O–H groups in total. The third-order valence-electron chi connectivity index (χ3n) is 2.89. The van der Waals surface area contributed by atoms with E-state index in [0.717, 1.165) is 0 Å². The standard InChI is InChI=1S/C14H23.La/c1-9(2)12-7-8-13(10(3)4)14(12)11(5)6;/h7-11H,1-6H3;/q-1;. The Morgan fingerprint density at radius 3 is 1.80 bits per heavy atom. The van der Waals surface area contributed by atoms with Crippen LogP contribution in [0.4, 0.5) is 0 Å². The first kappa shape index (κ1) is 15.5. The van der Waals surface area contributed by atoms with Crippen LogP contribution in [0.15, 0.2) is 12.1 Å². The maximum Gasteiger partial charge on any atom is 0 e. The molecule has 0 saturated heterocycles. The zero-order valence-corrected chi connectivity index (χ0v) is 14.6. The number of rotatable bonds is 3. The van der Waals surface area contributed by atoms with Crippen molar-refractivity contribution in [3.63, 3.8) is 0 Å². The summed E-state index contributed by atoms with van der Waals surface area (Å²) in [6.45, 7) is 13.7. The molecule has 0 amide bonds. The van der Waals surface area contributed by atoms with Gasteiger partial charge in [0.15, 0.2) is 0 Å². The van der Waals surface area contributed by atoms with Crippen LogP contribution < -0.4 is 0 Å². The van der Waals surface area contributed by atoms with Gasteiger partial charge in [-0.1, -0.05) is 53.4 Å². The number of hydrogen-bond donors (Lipinski definition) is 0. The van der Waals surface area contributed by atoms with Gasteiger partial charge in [0.05, 0.1) is 0 Å². The summed E-state index contributed by atoms with van der Waals surface area (Å²) in [5, 5.41) is 0. The third kappa shape index (κ3) is 3.51.